The SMILES string of the molecule is C#Cc1c(-c2cccc3c(C)c[nH]c23)cc(C)c2c1[C@H](C)[C@@H](O)C(C)(C)N2. The van der Waals surface area contributed by atoms with Gasteiger partial charge in [0.25, 0.3) is 0 Å². The van der Waals surface area contributed by atoms with E-state index < -0.39 is 11.6 Å². The van der Waals surface area contributed by atoms with Crippen LogP contribution >= 0.6 is 0 Å². The van der Waals surface area contributed by atoms with E-state index in [0.29, 0.717) is 0 Å². The Bertz CT molecular complexity index is 1100. The van der Waals surface area contributed by atoms with Gasteiger partial charge < -0.3 is 15.4 Å². The first-order valence-electron chi connectivity index (χ1n) is 9.43. The van der Waals surface area contributed by atoms with Crippen LogP contribution in [-0.2, 0) is 0 Å². The van der Waals surface area contributed by atoms with Gasteiger partial charge in [-0.15, -0.1) is 6.42 Å². The van der Waals surface area contributed by atoms with Crippen molar-refractivity contribution in [3.8, 4) is 23.5 Å². The lowest BCUT2D eigenvalue weighted by Crippen LogP contribution is -2.50. The highest BCUT2D eigenvalue weighted by molar-refractivity contribution is 5.98. The molecule has 0 radical (unpaired) electrons. The summed E-state index contributed by atoms with van der Waals surface area (Å²) in [6, 6.07) is 8.49. The van der Waals surface area contributed by atoms with Gasteiger partial charge in [0.1, 0.15) is 0 Å². The topological polar surface area (TPSA) is 48.0 Å². The van der Waals surface area contributed by atoms with Crippen LogP contribution in [0, 0.1) is 26.2 Å². The summed E-state index contributed by atoms with van der Waals surface area (Å²) in [6.45, 7) is 10.3. The number of aromatic amines is 1. The highest BCUT2D eigenvalue weighted by atomic mass is 16.3. The van der Waals surface area contributed by atoms with Crippen molar-refractivity contribution in [2.75, 3.05) is 5.32 Å². The molecule has 3 aromatic rings. The average Bonchev–Trinajstić information content (AvgIpc) is 3.01. The van der Waals surface area contributed by atoms with Crippen molar-refractivity contribution in [3.05, 3.63) is 52.7 Å². The number of fused-ring (bicyclic) bond motifs is 2. The predicted molar refractivity (Wildman–Crippen MR) is 113 cm³/mol. The van der Waals surface area contributed by atoms with Crippen LogP contribution in [0.5, 0.6) is 0 Å². The summed E-state index contributed by atoms with van der Waals surface area (Å²) in [6.07, 6.45) is 7.53. The number of hydrogen-bond acceptors (Lipinski definition) is 2. The smallest absolute Gasteiger partial charge is 0.0831 e. The lowest BCUT2D eigenvalue weighted by Gasteiger charge is -2.43. The third kappa shape index (κ3) is 2.48. The molecule has 2 aromatic carbocycles. The van der Waals surface area contributed by atoms with Crippen LogP contribution < -0.4 is 5.32 Å². The normalized spacial score (nSPS) is 20.8. The van der Waals surface area contributed by atoms with Crippen LogP contribution in [0.25, 0.3) is 22.0 Å². The van der Waals surface area contributed by atoms with Gasteiger partial charge in [0.15, 0.2) is 0 Å². The standard InChI is InChI=1S/C24H26N2O/c1-7-16-19(18-10-8-9-17-14(3)12-25-22(17)18)11-13(2)21-20(16)15(4)23(27)24(5,6)26-21/h1,8-12,15,23,25-27H,2-6H3/t15-,23+/m0/s1. The van der Waals surface area contributed by atoms with Crippen molar-refractivity contribution in [2.45, 2.75) is 52.2 Å². The fourth-order valence-electron chi connectivity index (χ4n) is 4.53. The van der Waals surface area contributed by atoms with Crippen molar-refractivity contribution >= 4 is 16.6 Å². The van der Waals surface area contributed by atoms with Gasteiger partial charge in [0.05, 0.1) is 17.2 Å². The van der Waals surface area contributed by atoms with Crippen LogP contribution in [0.4, 0.5) is 5.69 Å². The largest absolute Gasteiger partial charge is 0.390 e. The number of para-hydroxylation sites is 1. The van der Waals surface area contributed by atoms with Crippen molar-refractivity contribution in [3.63, 3.8) is 0 Å². The molecular weight excluding hydrogens is 332 g/mol. The zero-order chi connectivity index (χ0) is 19.5. The Kier molecular flexibility index (Phi) is 3.87. The number of anilines is 1. The predicted octanol–water partition coefficient (Wildman–Crippen LogP) is 5.10. The van der Waals surface area contributed by atoms with Gasteiger partial charge >= 0.3 is 0 Å². The molecule has 3 nitrogen and oxygen atoms in total. The molecule has 2 atom stereocenters. The number of terminal acetylenes is 1. The molecule has 3 N–H and O–H groups in total. The minimum absolute atomic E-state index is 0.0504. The highest BCUT2D eigenvalue weighted by Crippen LogP contribution is 2.46. The van der Waals surface area contributed by atoms with E-state index in [1.807, 2.05) is 20.0 Å². The summed E-state index contributed by atoms with van der Waals surface area (Å²) in [5.74, 6) is 2.88. The molecule has 0 unspecified atom stereocenters. The Morgan fingerprint density at radius 3 is 2.59 bits per heavy atom. The number of benzene rings is 2. The fourth-order valence-corrected chi connectivity index (χ4v) is 4.53. The van der Waals surface area contributed by atoms with E-state index in [9.17, 15) is 5.11 Å². The monoisotopic (exact) mass is 358 g/mol. The first-order chi connectivity index (χ1) is 12.8. The maximum absolute atomic E-state index is 10.9. The zero-order valence-electron chi connectivity index (χ0n) is 16.6. The maximum atomic E-state index is 10.9. The third-order valence-electron chi connectivity index (χ3n) is 6.04. The molecule has 0 amide bonds. The van der Waals surface area contributed by atoms with E-state index in [1.54, 1.807) is 0 Å². The Morgan fingerprint density at radius 1 is 1.15 bits per heavy atom. The molecule has 0 fully saturated rings. The minimum Gasteiger partial charge on any atom is -0.390 e. The zero-order valence-corrected chi connectivity index (χ0v) is 16.6. The first kappa shape index (κ1) is 17.7. The fraction of sp³-hybridized carbons (Fsp3) is 0.333. The van der Waals surface area contributed by atoms with Crippen LogP contribution in [0.2, 0.25) is 0 Å². The van der Waals surface area contributed by atoms with Gasteiger partial charge in [-0.1, -0.05) is 31.0 Å². The molecule has 0 saturated heterocycles. The lowest BCUT2D eigenvalue weighted by molar-refractivity contribution is 0.0868. The lowest BCUT2D eigenvalue weighted by atomic mass is 9.75. The molecular formula is C24H26N2O. The Hall–Kier alpha value is -2.70. The highest BCUT2D eigenvalue weighted by Gasteiger charge is 2.40. The number of rotatable bonds is 1. The Balaban J connectivity index is 2.05. The molecule has 0 bridgehead atoms. The van der Waals surface area contributed by atoms with E-state index in [4.69, 9.17) is 6.42 Å². The summed E-state index contributed by atoms with van der Waals surface area (Å²) in [4.78, 5) is 3.41. The molecule has 0 spiro atoms. The molecule has 0 aliphatic carbocycles. The average molecular weight is 358 g/mol. The van der Waals surface area contributed by atoms with Gasteiger partial charge in [-0.25, -0.2) is 0 Å². The molecule has 3 heteroatoms. The molecule has 4 rings (SSSR count). The van der Waals surface area contributed by atoms with Crippen molar-refractivity contribution < 1.29 is 5.11 Å². The first-order valence-corrected chi connectivity index (χ1v) is 9.43. The molecule has 0 saturated carbocycles. The quantitative estimate of drug-likeness (QED) is 0.530. The maximum Gasteiger partial charge on any atom is 0.0831 e. The minimum atomic E-state index is -0.518. The van der Waals surface area contributed by atoms with E-state index >= 15 is 0 Å². The van der Waals surface area contributed by atoms with Gasteiger partial charge in [-0.2, -0.15) is 0 Å². The van der Waals surface area contributed by atoms with Crippen molar-refractivity contribution in [2.24, 2.45) is 0 Å². The van der Waals surface area contributed by atoms with E-state index in [0.717, 1.165) is 39.0 Å². The van der Waals surface area contributed by atoms with E-state index in [2.05, 4.69) is 61.3 Å². The number of nitrogens with one attached hydrogen (secondary N) is 2. The van der Waals surface area contributed by atoms with Crippen LogP contribution in [-0.4, -0.2) is 21.7 Å². The molecule has 27 heavy (non-hydrogen) atoms. The second-order valence-corrected chi connectivity index (χ2v) is 8.33. The number of hydrogen-bond donors (Lipinski definition) is 3. The van der Waals surface area contributed by atoms with Gasteiger partial charge in [-0.3, -0.25) is 0 Å². The Morgan fingerprint density at radius 2 is 1.89 bits per heavy atom. The number of H-pyrrole nitrogens is 1. The van der Waals surface area contributed by atoms with Crippen molar-refractivity contribution in [1.82, 2.24) is 4.98 Å². The van der Waals surface area contributed by atoms with Crippen LogP contribution in [0.15, 0.2) is 30.5 Å². The summed E-state index contributed by atoms with van der Waals surface area (Å²) in [7, 11) is 0. The number of aliphatic hydroxyl groups excluding tert-OH is 1. The molecule has 1 aromatic heterocycles. The summed E-state index contributed by atoms with van der Waals surface area (Å²) >= 11 is 0. The summed E-state index contributed by atoms with van der Waals surface area (Å²) in [5.41, 5.74) is 8.17. The Labute approximate surface area is 160 Å². The van der Waals surface area contributed by atoms with Gasteiger partial charge in [0, 0.05) is 39.9 Å². The number of aryl methyl sites for hydroxylation is 2. The molecule has 1 aliphatic rings. The number of aliphatic hydroxyl groups is 1. The second kappa shape index (κ2) is 5.90. The summed E-state index contributed by atoms with van der Waals surface area (Å²) < 4.78 is 0. The van der Waals surface area contributed by atoms with E-state index in [-0.39, 0.29) is 5.92 Å². The third-order valence-corrected chi connectivity index (χ3v) is 6.04. The summed E-state index contributed by atoms with van der Waals surface area (Å²) in [5, 5.41) is 15.6. The molecule has 2 heterocycles. The molecule has 138 valence electrons. The van der Waals surface area contributed by atoms with Gasteiger partial charge in [-0.05, 0) is 50.5 Å². The van der Waals surface area contributed by atoms with E-state index in [1.165, 1.54) is 10.9 Å². The van der Waals surface area contributed by atoms with Crippen molar-refractivity contribution in [1.29, 1.82) is 0 Å². The number of aromatic nitrogens is 1. The van der Waals surface area contributed by atoms with Crippen LogP contribution in [0.3, 0.4) is 0 Å². The second-order valence-electron chi connectivity index (χ2n) is 8.33. The van der Waals surface area contributed by atoms with Crippen LogP contribution in [0.1, 0.15) is 48.9 Å². The van der Waals surface area contributed by atoms with Gasteiger partial charge in [0.2, 0.25) is 0 Å². The molecule has 1 aliphatic heterocycles.